The maximum Gasteiger partial charge on any atom is 0.129 e. The molecule has 2 aromatic rings. The minimum absolute atomic E-state index is 1.23. The van der Waals surface area contributed by atoms with Gasteiger partial charge in [-0.2, -0.15) is 0 Å². The second-order valence-corrected chi connectivity index (χ2v) is 7.31. The highest BCUT2D eigenvalue weighted by molar-refractivity contribution is 5.14. The van der Waals surface area contributed by atoms with E-state index in [1.54, 1.807) is 0 Å². The number of benzene rings is 2. The summed E-state index contributed by atoms with van der Waals surface area (Å²) in [5.74, 6) is 0. The Morgan fingerprint density at radius 3 is 1.14 bits per heavy atom. The van der Waals surface area contributed by atoms with Crippen molar-refractivity contribution >= 4 is 0 Å². The fourth-order valence-electron chi connectivity index (χ4n) is 4.36. The van der Waals surface area contributed by atoms with Gasteiger partial charge in [0.05, 0.1) is 0 Å². The fourth-order valence-corrected chi connectivity index (χ4v) is 4.36. The second-order valence-electron chi connectivity index (χ2n) is 7.31. The van der Waals surface area contributed by atoms with Crippen molar-refractivity contribution in [3.63, 3.8) is 0 Å². The molecule has 22 heavy (non-hydrogen) atoms. The molecule has 5 rings (SSSR count). The monoisotopic (exact) mass is 294 g/mol. The van der Waals surface area contributed by atoms with E-state index in [0.29, 0.717) is 0 Å². The van der Waals surface area contributed by atoms with Gasteiger partial charge in [-0.1, -0.05) is 60.7 Å². The molecular weight excluding hydrogens is 268 g/mol. The van der Waals surface area contributed by atoms with E-state index in [0.717, 1.165) is 0 Å². The summed E-state index contributed by atoms with van der Waals surface area (Å²) in [4.78, 5) is 0. The van der Waals surface area contributed by atoms with E-state index in [9.17, 15) is 0 Å². The Morgan fingerprint density at radius 2 is 0.818 bits per heavy atom. The Morgan fingerprint density at radius 1 is 0.500 bits per heavy atom. The molecule has 3 saturated heterocycles. The minimum atomic E-state index is 1.23. The summed E-state index contributed by atoms with van der Waals surface area (Å²) in [5, 5.41) is 0. The molecule has 0 unspecified atom stereocenters. The van der Waals surface area contributed by atoms with Crippen LogP contribution < -0.4 is 0 Å². The molecule has 0 spiro atoms. The third-order valence-corrected chi connectivity index (χ3v) is 5.87. The molecule has 3 fully saturated rings. The van der Waals surface area contributed by atoms with Crippen LogP contribution in [0.15, 0.2) is 60.7 Å². The molecule has 3 aliphatic heterocycles. The summed E-state index contributed by atoms with van der Waals surface area (Å²) in [5.41, 5.74) is 3.01. The van der Waals surface area contributed by atoms with E-state index in [-0.39, 0.29) is 0 Å². The zero-order chi connectivity index (χ0) is 14.9. The van der Waals surface area contributed by atoms with Crippen molar-refractivity contribution in [2.45, 2.75) is 13.1 Å². The van der Waals surface area contributed by atoms with E-state index in [4.69, 9.17) is 0 Å². The lowest BCUT2D eigenvalue weighted by Crippen LogP contribution is -2.74. The van der Waals surface area contributed by atoms with Crippen LogP contribution in [-0.2, 0) is 13.1 Å². The first-order valence-corrected chi connectivity index (χ1v) is 8.56. The van der Waals surface area contributed by atoms with Crippen molar-refractivity contribution < 1.29 is 8.97 Å². The Kier molecular flexibility index (Phi) is 3.51. The van der Waals surface area contributed by atoms with Crippen molar-refractivity contribution in [2.75, 3.05) is 39.3 Å². The number of hydrogen-bond donors (Lipinski definition) is 0. The van der Waals surface area contributed by atoms with Crippen LogP contribution >= 0.6 is 0 Å². The van der Waals surface area contributed by atoms with Crippen LogP contribution in [0.4, 0.5) is 0 Å². The lowest BCUT2D eigenvalue weighted by Gasteiger charge is -2.55. The number of piperazine rings is 3. The van der Waals surface area contributed by atoms with Gasteiger partial charge in [0.2, 0.25) is 0 Å². The number of hydrogen-bond acceptors (Lipinski definition) is 0. The standard InChI is InChI=1S/C20H26N2/c1-3-7-19(8-4-1)17-21-11-14-22(15-12-21,16-13-21)18-20-9-5-2-6-10-20/h1-10H,11-18H2/q+2. The van der Waals surface area contributed by atoms with E-state index in [1.807, 2.05) is 0 Å². The first kappa shape index (κ1) is 14.0. The van der Waals surface area contributed by atoms with E-state index in [1.165, 1.54) is 72.5 Å². The first-order valence-electron chi connectivity index (χ1n) is 8.56. The van der Waals surface area contributed by atoms with E-state index < -0.39 is 0 Å². The smallest absolute Gasteiger partial charge is 0.129 e. The zero-order valence-electron chi connectivity index (χ0n) is 13.3. The zero-order valence-corrected chi connectivity index (χ0v) is 13.3. The van der Waals surface area contributed by atoms with E-state index in [2.05, 4.69) is 60.7 Å². The fraction of sp³-hybridized carbons (Fsp3) is 0.400. The molecule has 0 aromatic heterocycles. The Hall–Kier alpha value is -1.64. The van der Waals surface area contributed by atoms with Gasteiger partial charge in [0.25, 0.3) is 0 Å². The van der Waals surface area contributed by atoms with Gasteiger partial charge in [-0.05, 0) is 0 Å². The largest absolute Gasteiger partial charge is 0.306 e. The third kappa shape index (κ3) is 2.69. The van der Waals surface area contributed by atoms with Crippen molar-refractivity contribution in [2.24, 2.45) is 0 Å². The van der Waals surface area contributed by atoms with Crippen LogP contribution in [0, 0.1) is 0 Å². The van der Waals surface area contributed by atoms with Gasteiger partial charge < -0.3 is 8.97 Å². The highest BCUT2D eigenvalue weighted by atomic mass is 15.5. The molecule has 114 valence electrons. The first-order chi connectivity index (χ1) is 10.8. The molecule has 3 heterocycles. The Bertz CT molecular complexity index is 539. The van der Waals surface area contributed by atoms with Gasteiger partial charge in [0, 0.05) is 11.1 Å². The summed E-state index contributed by atoms with van der Waals surface area (Å²) in [6.07, 6.45) is 0. The van der Waals surface area contributed by atoms with Gasteiger partial charge in [0.15, 0.2) is 0 Å². The van der Waals surface area contributed by atoms with Gasteiger partial charge >= 0.3 is 0 Å². The van der Waals surface area contributed by atoms with Crippen LogP contribution in [0.1, 0.15) is 11.1 Å². The van der Waals surface area contributed by atoms with Crippen LogP contribution in [0.25, 0.3) is 0 Å². The van der Waals surface area contributed by atoms with Crippen molar-refractivity contribution in [1.82, 2.24) is 0 Å². The predicted octanol–water partition coefficient (Wildman–Crippen LogP) is 3.05. The van der Waals surface area contributed by atoms with Gasteiger partial charge in [0.1, 0.15) is 52.4 Å². The SMILES string of the molecule is c1ccc(C[N+]23CC[N+](Cc4ccccc4)(CC2)CC3)cc1. The number of quaternary nitrogens is 2. The van der Waals surface area contributed by atoms with Crippen LogP contribution in [0.3, 0.4) is 0 Å². The van der Waals surface area contributed by atoms with Crippen LogP contribution in [0.5, 0.6) is 0 Å². The molecule has 0 aliphatic carbocycles. The van der Waals surface area contributed by atoms with Crippen LogP contribution in [0.2, 0.25) is 0 Å². The molecule has 0 saturated carbocycles. The quantitative estimate of drug-likeness (QED) is 0.760. The minimum Gasteiger partial charge on any atom is -0.306 e. The Balaban J connectivity index is 1.45. The molecular formula is C20H26N2+2. The molecule has 2 aromatic carbocycles. The lowest BCUT2D eigenvalue weighted by atomic mass is 10.0. The predicted molar refractivity (Wildman–Crippen MR) is 90.0 cm³/mol. The summed E-state index contributed by atoms with van der Waals surface area (Å²) in [7, 11) is 0. The molecule has 0 radical (unpaired) electrons. The van der Waals surface area contributed by atoms with Crippen molar-refractivity contribution in [3.05, 3.63) is 71.8 Å². The molecule has 0 amide bonds. The topological polar surface area (TPSA) is 0 Å². The number of fused-ring (bicyclic) bond motifs is 3. The number of nitrogens with zero attached hydrogens (tertiary/aromatic N) is 2. The molecule has 0 N–H and O–H groups in total. The maximum absolute atomic E-state index is 2.29. The van der Waals surface area contributed by atoms with Gasteiger partial charge in [-0.3, -0.25) is 0 Å². The summed E-state index contributed by atoms with van der Waals surface area (Å²) in [6, 6.07) is 22.1. The van der Waals surface area contributed by atoms with Crippen LogP contribution in [-0.4, -0.2) is 48.2 Å². The highest BCUT2D eigenvalue weighted by Gasteiger charge is 2.48. The van der Waals surface area contributed by atoms with Gasteiger partial charge in [-0.25, -0.2) is 0 Å². The average Bonchev–Trinajstić information content (AvgIpc) is 2.58. The highest BCUT2D eigenvalue weighted by Crippen LogP contribution is 2.30. The average molecular weight is 294 g/mol. The van der Waals surface area contributed by atoms with Crippen molar-refractivity contribution in [1.29, 1.82) is 0 Å². The second kappa shape index (κ2) is 5.53. The normalized spacial score (nSPS) is 30.4. The molecule has 0 atom stereocenters. The summed E-state index contributed by atoms with van der Waals surface area (Å²) < 4.78 is 2.64. The van der Waals surface area contributed by atoms with Crippen molar-refractivity contribution in [3.8, 4) is 0 Å². The van der Waals surface area contributed by atoms with E-state index >= 15 is 0 Å². The molecule has 2 heteroatoms. The Labute approximate surface area is 133 Å². The maximum atomic E-state index is 2.29. The third-order valence-electron chi connectivity index (χ3n) is 5.87. The lowest BCUT2D eigenvalue weighted by molar-refractivity contribution is -1.09. The van der Waals surface area contributed by atoms with Gasteiger partial charge in [-0.15, -0.1) is 0 Å². The summed E-state index contributed by atoms with van der Waals surface area (Å²) in [6.45, 7) is 10.6. The summed E-state index contributed by atoms with van der Waals surface area (Å²) >= 11 is 0. The molecule has 3 aliphatic rings. The number of rotatable bonds is 4. The molecule has 2 bridgehead atoms. The molecule has 2 nitrogen and oxygen atoms in total.